The van der Waals surface area contributed by atoms with Crippen molar-refractivity contribution in [3.05, 3.63) is 46.5 Å². The number of rotatable bonds is 6. The zero-order chi connectivity index (χ0) is 23.5. The Kier molecular flexibility index (Phi) is 6.63. The van der Waals surface area contributed by atoms with Crippen LogP contribution < -0.4 is 21.1 Å². The van der Waals surface area contributed by atoms with E-state index in [0.29, 0.717) is 24.8 Å². The van der Waals surface area contributed by atoms with E-state index < -0.39 is 29.6 Å². The molecular weight excluding hydrogens is 454 g/mol. The third-order valence-electron chi connectivity index (χ3n) is 5.30. The number of carbonyl (C=O) groups is 2. The maximum Gasteiger partial charge on any atom is 0.273 e. The Morgan fingerprint density at radius 3 is 2.91 bits per heavy atom. The molecule has 1 aliphatic rings. The third kappa shape index (κ3) is 5.00. The second kappa shape index (κ2) is 9.61. The number of hydrogen-bond donors (Lipinski definition) is 2. The zero-order valence-electron chi connectivity index (χ0n) is 17.8. The van der Waals surface area contributed by atoms with Crippen molar-refractivity contribution in [2.24, 2.45) is 5.92 Å². The van der Waals surface area contributed by atoms with Crippen LogP contribution in [0.3, 0.4) is 0 Å². The van der Waals surface area contributed by atoms with E-state index in [0.717, 1.165) is 46.9 Å². The topological polar surface area (TPSA) is 109 Å². The third-order valence-corrected chi connectivity index (χ3v) is 6.40. The van der Waals surface area contributed by atoms with Gasteiger partial charge < -0.3 is 15.5 Å². The number of nitrogens with one attached hydrogen (secondary N) is 2. The highest BCUT2D eigenvalue weighted by Crippen LogP contribution is 2.29. The monoisotopic (exact) mass is 476 g/mol. The van der Waals surface area contributed by atoms with E-state index in [1.165, 1.54) is 6.33 Å². The number of piperidine rings is 1. The average molecular weight is 477 g/mol. The molecule has 0 aliphatic carbocycles. The Balaban J connectivity index is 1.51. The number of anilines is 2. The van der Waals surface area contributed by atoms with Gasteiger partial charge >= 0.3 is 0 Å². The first-order valence-electron chi connectivity index (χ1n) is 10.5. The molecule has 2 aromatic heterocycles. The van der Waals surface area contributed by atoms with Gasteiger partial charge in [-0.1, -0.05) is 11.3 Å². The summed E-state index contributed by atoms with van der Waals surface area (Å²) in [5, 5.41) is 5.69. The second-order valence-corrected chi connectivity index (χ2v) is 8.66. The standard InChI is InChI=1S/C21H22F2N6O3S/c1-2-24-19(31)12-4-3-7-28(9-12)21-27-18-17(33-21)20(32)29(11-25-18)10-16(30)26-15-8-13(22)5-6-14(15)23/h5-6,8,11-12H,2-4,7,9-10H2,1H3,(H,24,31)(H,26,30)/t12-/m0/s1. The minimum absolute atomic E-state index is 0.00420. The number of fused-ring (bicyclic) bond motifs is 1. The lowest BCUT2D eigenvalue weighted by Gasteiger charge is -2.31. The molecule has 0 saturated carbocycles. The van der Waals surface area contributed by atoms with E-state index in [9.17, 15) is 23.2 Å². The van der Waals surface area contributed by atoms with Crippen molar-refractivity contribution in [1.29, 1.82) is 0 Å². The van der Waals surface area contributed by atoms with Gasteiger partial charge in [-0.2, -0.15) is 4.98 Å². The lowest BCUT2D eigenvalue weighted by Crippen LogP contribution is -2.43. The predicted octanol–water partition coefficient (Wildman–Crippen LogP) is 2.12. The molecule has 12 heteroatoms. The highest BCUT2D eigenvalue weighted by Gasteiger charge is 2.27. The van der Waals surface area contributed by atoms with Crippen LogP contribution in [0.2, 0.25) is 0 Å². The largest absolute Gasteiger partial charge is 0.356 e. The van der Waals surface area contributed by atoms with Crippen LogP contribution >= 0.6 is 11.3 Å². The minimum atomic E-state index is -0.787. The number of aromatic nitrogens is 3. The van der Waals surface area contributed by atoms with Crippen LogP contribution in [0, 0.1) is 17.6 Å². The number of amides is 2. The number of hydrogen-bond acceptors (Lipinski definition) is 7. The Morgan fingerprint density at radius 2 is 2.12 bits per heavy atom. The van der Waals surface area contributed by atoms with E-state index in [4.69, 9.17) is 0 Å². The summed E-state index contributed by atoms with van der Waals surface area (Å²) in [6.45, 7) is 3.23. The molecule has 1 aromatic carbocycles. The van der Waals surface area contributed by atoms with Gasteiger partial charge in [0.15, 0.2) is 10.8 Å². The SMILES string of the molecule is CCNC(=O)[C@H]1CCCN(c2nc3ncn(CC(=O)Nc4cc(F)ccc4F)c(=O)c3s2)C1. The lowest BCUT2D eigenvalue weighted by atomic mass is 9.97. The Hall–Kier alpha value is -3.41. The molecule has 0 bridgehead atoms. The van der Waals surface area contributed by atoms with E-state index >= 15 is 0 Å². The highest BCUT2D eigenvalue weighted by atomic mass is 32.1. The molecule has 9 nitrogen and oxygen atoms in total. The molecular formula is C21H22F2N6O3S. The van der Waals surface area contributed by atoms with Crippen LogP contribution in [0.15, 0.2) is 29.3 Å². The van der Waals surface area contributed by atoms with E-state index in [1.54, 1.807) is 0 Å². The minimum Gasteiger partial charge on any atom is -0.356 e. The summed E-state index contributed by atoms with van der Waals surface area (Å²) < 4.78 is 28.4. The van der Waals surface area contributed by atoms with E-state index in [-0.39, 0.29) is 27.9 Å². The quantitative estimate of drug-likeness (QED) is 0.564. The van der Waals surface area contributed by atoms with Crippen LogP contribution in [0.5, 0.6) is 0 Å². The zero-order valence-corrected chi connectivity index (χ0v) is 18.6. The van der Waals surface area contributed by atoms with Crippen LogP contribution in [0.1, 0.15) is 19.8 Å². The van der Waals surface area contributed by atoms with Gasteiger partial charge in [0.25, 0.3) is 5.56 Å². The molecule has 174 valence electrons. The van der Waals surface area contributed by atoms with Crippen LogP contribution in [0.25, 0.3) is 10.3 Å². The van der Waals surface area contributed by atoms with Crippen molar-refractivity contribution in [1.82, 2.24) is 19.9 Å². The molecule has 1 aliphatic heterocycles. The molecule has 33 heavy (non-hydrogen) atoms. The van der Waals surface area contributed by atoms with Gasteiger partial charge in [-0.15, -0.1) is 0 Å². The first-order chi connectivity index (χ1) is 15.9. The number of carbonyl (C=O) groups excluding carboxylic acids is 2. The van der Waals surface area contributed by atoms with E-state index in [1.807, 2.05) is 11.8 Å². The first kappa shape index (κ1) is 22.8. The van der Waals surface area contributed by atoms with Crippen molar-refractivity contribution in [2.45, 2.75) is 26.3 Å². The van der Waals surface area contributed by atoms with Crippen LogP contribution in [-0.4, -0.2) is 46.0 Å². The van der Waals surface area contributed by atoms with Gasteiger partial charge in [-0.25, -0.2) is 13.8 Å². The summed E-state index contributed by atoms with van der Waals surface area (Å²) in [4.78, 5) is 48.0. The summed E-state index contributed by atoms with van der Waals surface area (Å²) in [5.74, 6) is -2.33. The predicted molar refractivity (Wildman–Crippen MR) is 120 cm³/mol. The van der Waals surface area contributed by atoms with Crippen LogP contribution in [0.4, 0.5) is 19.6 Å². The van der Waals surface area contributed by atoms with Gasteiger partial charge in [0, 0.05) is 25.7 Å². The normalized spacial score (nSPS) is 16.1. The molecule has 0 unspecified atom stereocenters. The lowest BCUT2D eigenvalue weighted by molar-refractivity contribution is -0.125. The van der Waals surface area contributed by atoms with Crippen molar-refractivity contribution in [3.8, 4) is 0 Å². The van der Waals surface area contributed by atoms with Crippen molar-refractivity contribution in [2.75, 3.05) is 29.9 Å². The molecule has 1 saturated heterocycles. The van der Waals surface area contributed by atoms with Gasteiger partial charge in [0.1, 0.15) is 29.2 Å². The van der Waals surface area contributed by atoms with Gasteiger partial charge in [0.2, 0.25) is 11.8 Å². The number of benzene rings is 1. The van der Waals surface area contributed by atoms with E-state index in [2.05, 4.69) is 20.6 Å². The van der Waals surface area contributed by atoms with Crippen molar-refractivity contribution >= 4 is 44.3 Å². The average Bonchev–Trinajstić information content (AvgIpc) is 3.24. The van der Waals surface area contributed by atoms with Crippen molar-refractivity contribution < 1.29 is 18.4 Å². The van der Waals surface area contributed by atoms with Gasteiger partial charge in [-0.05, 0) is 31.9 Å². The molecule has 0 spiro atoms. The Bertz CT molecular complexity index is 1260. The summed E-state index contributed by atoms with van der Waals surface area (Å²) in [5.41, 5.74) is -0.516. The highest BCUT2D eigenvalue weighted by molar-refractivity contribution is 7.22. The molecule has 1 atom stereocenters. The second-order valence-electron chi connectivity index (χ2n) is 7.68. The number of nitrogens with zero attached hydrogens (tertiary/aromatic N) is 4. The fourth-order valence-electron chi connectivity index (χ4n) is 3.70. The number of thiazole rings is 1. The number of halogens is 2. The van der Waals surface area contributed by atoms with Gasteiger partial charge in [-0.3, -0.25) is 19.0 Å². The molecule has 2 amide bonds. The molecule has 1 fully saturated rings. The molecule has 2 N–H and O–H groups in total. The summed E-state index contributed by atoms with van der Waals surface area (Å²) in [6.07, 6.45) is 2.81. The smallest absolute Gasteiger partial charge is 0.273 e. The summed E-state index contributed by atoms with van der Waals surface area (Å²) >= 11 is 1.15. The summed E-state index contributed by atoms with van der Waals surface area (Å²) in [7, 11) is 0. The maximum absolute atomic E-state index is 13.8. The fourth-order valence-corrected chi connectivity index (χ4v) is 4.71. The molecule has 4 rings (SSSR count). The Labute approximate surface area is 191 Å². The molecule has 3 aromatic rings. The summed E-state index contributed by atoms with van der Waals surface area (Å²) in [6, 6.07) is 2.70. The maximum atomic E-state index is 13.8. The van der Waals surface area contributed by atoms with Gasteiger partial charge in [0.05, 0.1) is 11.6 Å². The molecule has 0 radical (unpaired) electrons. The fraction of sp³-hybridized carbons (Fsp3) is 0.381. The van der Waals surface area contributed by atoms with Crippen molar-refractivity contribution in [3.63, 3.8) is 0 Å². The Morgan fingerprint density at radius 1 is 1.30 bits per heavy atom. The van der Waals surface area contributed by atoms with Crippen LogP contribution in [-0.2, 0) is 16.1 Å². The first-order valence-corrected chi connectivity index (χ1v) is 11.3. The molecule has 3 heterocycles.